The molecule has 1 aromatic carbocycles. The largest absolute Gasteiger partial charge is 0.508 e. The zero-order valence-corrected chi connectivity index (χ0v) is 13.2. The molecule has 1 atom stereocenters. The topological polar surface area (TPSA) is 85.1 Å². The molecular formula is C17H19N5O2. The first-order valence-electron chi connectivity index (χ1n) is 8.13. The summed E-state index contributed by atoms with van der Waals surface area (Å²) in [4.78, 5) is 13.0. The number of hydrogen-bond donors (Lipinski definition) is 2. The fraction of sp³-hybridized carbons (Fsp3) is 0.353. The van der Waals surface area contributed by atoms with Crippen LogP contribution in [-0.4, -0.2) is 31.2 Å². The standard InChI is InChI=1S/C17H19N5O2/c23-14-6-2-1-5-12(14)9-19-17-21-13-10-18-11-20-16(13)22(17)15-7-3-4-8-24-15/h1-2,5-6,10-11,15,23H,3-4,7-9H2,(H,19,21). The second-order valence-electron chi connectivity index (χ2n) is 5.84. The Balaban J connectivity index is 1.67. The first-order chi connectivity index (χ1) is 11.8. The lowest BCUT2D eigenvalue weighted by Gasteiger charge is -2.25. The number of phenols is 1. The van der Waals surface area contributed by atoms with Crippen LogP contribution >= 0.6 is 0 Å². The molecule has 7 nitrogen and oxygen atoms in total. The molecule has 4 rings (SSSR count). The lowest BCUT2D eigenvalue weighted by Crippen LogP contribution is -2.20. The number of hydrogen-bond acceptors (Lipinski definition) is 6. The van der Waals surface area contributed by atoms with E-state index in [1.807, 2.05) is 16.7 Å². The molecule has 2 aromatic heterocycles. The summed E-state index contributed by atoms with van der Waals surface area (Å²) >= 11 is 0. The molecule has 0 radical (unpaired) electrons. The number of benzene rings is 1. The van der Waals surface area contributed by atoms with Gasteiger partial charge in [0, 0.05) is 18.7 Å². The van der Waals surface area contributed by atoms with Crippen molar-refractivity contribution in [2.45, 2.75) is 32.0 Å². The van der Waals surface area contributed by atoms with Crippen LogP contribution in [0.15, 0.2) is 36.8 Å². The highest BCUT2D eigenvalue weighted by Crippen LogP contribution is 2.30. The van der Waals surface area contributed by atoms with Crippen LogP contribution in [0.5, 0.6) is 5.75 Å². The van der Waals surface area contributed by atoms with Crippen molar-refractivity contribution in [2.75, 3.05) is 11.9 Å². The van der Waals surface area contributed by atoms with Gasteiger partial charge in [-0.2, -0.15) is 0 Å². The first kappa shape index (κ1) is 14.9. The molecule has 1 aliphatic heterocycles. The van der Waals surface area contributed by atoms with Gasteiger partial charge in [-0.15, -0.1) is 0 Å². The predicted molar refractivity (Wildman–Crippen MR) is 89.6 cm³/mol. The van der Waals surface area contributed by atoms with Gasteiger partial charge >= 0.3 is 0 Å². The lowest BCUT2D eigenvalue weighted by molar-refractivity contribution is -0.0285. The third-order valence-electron chi connectivity index (χ3n) is 4.23. The van der Waals surface area contributed by atoms with Crippen molar-refractivity contribution in [3.05, 3.63) is 42.4 Å². The summed E-state index contributed by atoms with van der Waals surface area (Å²) in [7, 11) is 0. The molecule has 0 aliphatic carbocycles. The number of ether oxygens (including phenoxy) is 1. The van der Waals surface area contributed by atoms with Gasteiger partial charge in [-0.05, 0) is 25.3 Å². The third-order valence-corrected chi connectivity index (χ3v) is 4.23. The van der Waals surface area contributed by atoms with E-state index in [1.54, 1.807) is 18.3 Å². The van der Waals surface area contributed by atoms with E-state index in [1.165, 1.54) is 6.33 Å². The van der Waals surface area contributed by atoms with Crippen LogP contribution in [0, 0.1) is 0 Å². The minimum absolute atomic E-state index is 0.0782. The van der Waals surface area contributed by atoms with Gasteiger partial charge in [0.15, 0.2) is 5.65 Å². The van der Waals surface area contributed by atoms with Crippen LogP contribution in [0.2, 0.25) is 0 Å². The number of aromatic hydroxyl groups is 1. The van der Waals surface area contributed by atoms with Gasteiger partial charge in [-0.25, -0.2) is 15.0 Å². The van der Waals surface area contributed by atoms with Gasteiger partial charge in [0.1, 0.15) is 23.8 Å². The van der Waals surface area contributed by atoms with E-state index in [4.69, 9.17) is 4.74 Å². The zero-order valence-electron chi connectivity index (χ0n) is 13.2. The number of nitrogens with one attached hydrogen (secondary N) is 1. The molecule has 24 heavy (non-hydrogen) atoms. The summed E-state index contributed by atoms with van der Waals surface area (Å²) in [5.41, 5.74) is 2.30. The maximum absolute atomic E-state index is 9.93. The number of nitrogens with zero attached hydrogens (tertiary/aromatic N) is 4. The lowest BCUT2D eigenvalue weighted by atomic mass is 10.2. The normalized spacial score (nSPS) is 17.9. The minimum atomic E-state index is -0.0782. The van der Waals surface area contributed by atoms with Crippen molar-refractivity contribution in [2.24, 2.45) is 0 Å². The summed E-state index contributed by atoms with van der Waals surface area (Å²) in [6.07, 6.45) is 6.28. The quantitative estimate of drug-likeness (QED) is 0.767. The molecule has 1 aliphatic rings. The maximum atomic E-state index is 9.93. The van der Waals surface area contributed by atoms with Crippen LogP contribution in [0.1, 0.15) is 31.1 Å². The van der Waals surface area contributed by atoms with E-state index >= 15 is 0 Å². The molecule has 1 unspecified atom stereocenters. The SMILES string of the molecule is Oc1ccccc1CNc1nc2cncnc2n1C1CCCCO1. The Labute approximate surface area is 139 Å². The van der Waals surface area contributed by atoms with E-state index < -0.39 is 0 Å². The molecule has 3 heterocycles. The molecular weight excluding hydrogens is 306 g/mol. The Morgan fingerprint density at radius 1 is 1.29 bits per heavy atom. The maximum Gasteiger partial charge on any atom is 0.207 e. The fourth-order valence-electron chi connectivity index (χ4n) is 3.01. The smallest absolute Gasteiger partial charge is 0.207 e. The highest BCUT2D eigenvalue weighted by atomic mass is 16.5. The van der Waals surface area contributed by atoms with E-state index in [0.717, 1.165) is 42.6 Å². The molecule has 0 bridgehead atoms. The monoisotopic (exact) mass is 325 g/mol. The summed E-state index contributed by atoms with van der Waals surface area (Å²) in [5.74, 6) is 0.946. The second kappa shape index (κ2) is 6.45. The van der Waals surface area contributed by atoms with Crippen molar-refractivity contribution in [1.29, 1.82) is 0 Å². The predicted octanol–water partition coefficient (Wildman–Crippen LogP) is 2.84. The highest BCUT2D eigenvalue weighted by Gasteiger charge is 2.23. The Morgan fingerprint density at radius 3 is 3.04 bits per heavy atom. The minimum Gasteiger partial charge on any atom is -0.508 e. The van der Waals surface area contributed by atoms with Crippen molar-refractivity contribution < 1.29 is 9.84 Å². The molecule has 124 valence electrons. The summed E-state index contributed by atoms with van der Waals surface area (Å²) < 4.78 is 7.92. The Kier molecular flexibility index (Phi) is 4.00. The zero-order chi connectivity index (χ0) is 16.4. The summed E-state index contributed by atoms with van der Waals surface area (Å²) in [6.45, 7) is 1.21. The van der Waals surface area contributed by atoms with E-state index in [2.05, 4.69) is 20.3 Å². The number of aromatic nitrogens is 4. The Morgan fingerprint density at radius 2 is 2.21 bits per heavy atom. The van der Waals surface area contributed by atoms with Gasteiger partial charge < -0.3 is 15.2 Å². The number of rotatable bonds is 4. The van der Waals surface area contributed by atoms with Gasteiger partial charge in [0.25, 0.3) is 0 Å². The van der Waals surface area contributed by atoms with Crippen LogP contribution in [0.3, 0.4) is 0 Å². The van der Waals surface area contributed by atoms with Crippen molar-refractivity contribution in [1.82, 2.24) is 19.5 Å². The number of imidazole rings is 1. The van der Waals surface area contributed by atoms with Gasteiger partial charge in [-0.1, -0.05) is 18.2 Å². The molecule has 0 saturated carbocycles. The van der Waals surface area contributed by atoms with Gasteiger partial charge in [0.05, 0.1) is 6.20 Å². The van der Waals surface area contributed by atoms with Crippen LogP contribution in [-0.2, 0) is 11.3 Å². The Bertz CT molecular complexity index is 842. The van der Waals surface area contributed by atoms with Crippen molar-refractivity contribution in [3.8, 4) is 5.75 Å². The Hall–Kier alpha value is -2.67. The van der Waals surface area contributed by atoms with Crippen LogP contribution in [0.4, 0.5) is 5.95 Å². The number of para-hydroxylation sites is 1. The summed E-state index contributed by atoms with van der Waals surface area (Å²) in [5, 5.41) is 13.2. The second-order valence-corrected chi connectivity index (χ2v) is 5.84. The molecule has 0 amide bonds. The molecule has 2 N–H and O–H groups in total. The van der Waals surface area contributed by atoms with Crippen LogP contribution in [0.25, 0.3) is 11.2 Å². The number of anilines is 1. The van der Waals surface area contributed by atoms with Crippen molar-refractivity contribution in [3.63, 3.8) is 0 Å². The number of fused-ring (bicyclic) bond motifs is 1. The van der Waals surface area contributed by atoms with E-state index in [0.29, 0.717) is 12.5 Å². The molecule has 0 spiro atoms. The first-order valence-corrected chi connectivity index (χ1v) is 8.13. The molecule has 1 fully saturated rings. The fourth-order valence-corrected chi connectivity index (χ4v) is 3.01. The number of phenolic OH excluding ortho intramolecular Hbond substituents is 1. The highest BCUT2D eigenvalue weighted by molar-refractivity contribution is 5.73. The van der Waals surface area contributed by atoms with Gasteiger partial charge in [0.2, 0.25) is 5.95 Å². The van der Waals surface area contributed by atoms with E-state index in [-0.39, 0.29) is 12.0 Å². The van der Waals surface area contributed by atoms with Crippen molar-refractivity contribution >= 4 is 17.1 Å². The third kappa shape index (κ3) is 2.78. The van der Waals surface area contributed by atoms with Gasteiger partial charge in [-0.3, -0.25) is 4.57 Å². The molecule has 1 saturated heterocycles. The average molecular weight is 325 g/mol. The van der Waals surface area contributed by atoms with Crippen LogP contribution < -0.4 is 5.32 Å². The summed E-state index contributed by atoms with van der Waals surface area (Å²) in [6, 6.07) is 7.26. The molecule has 7 heteroatoms. The molecule has 3 aromatic rings. The average Bonchev–Trinajstić information content (AvgIpc) is 3.00. The van der Waals surface area contributed by atoms with E-state index in [9.17, 15) is 5.11 Å².